The van der Waals surface area contributed by atoms with Gasteiger partial charge < -0.3 is 14.9 Å². The number of carboxylic acid groups (broad SMARTS) is 1. The van der Waals surface area contributed by atoms with Gasteiger partial charge in [0.25, 0.3) is 0 Å². The van der Waals surface area contributed by atoms with E-state index in [0.717, 1.165) is 51.4 Å². The van der Waals surface area contributed by atoms with Crippen molar-refractivity contribution in [1.29, 1.82) is 0 Å². The maximum absolute atomic E-state index is 12.8. The molecule has 0 amide bonds. The maximum atomic E-state index is 12.8. The number of hydrogen-bond acceptors (Lipinski definition) is 4. The first kappa shape index (κ1) is 27.2. The van der Waals surface area contributed by atoms with Gasteiger partial charge in [0.05, 0.1) is 11.5 Å². The smallest absolute Gasteiger partial charge is 0.310 e. The lowest BCUT2D eigenvalue weighted by molar-refractivity contribution is -0.239. The molecule has 0 spiro atoms. The summed E-state index contributed by atoms with van der Waals surface area (Å²) in [7, 11) is 0. The van der Waals surface area contributed by atoms with Crippen molar-refractivity contribution in [2.45, 2.75) is 125 Å². The van der Waals surface area contributed by atoms with Crippen LogP contribution in [0.25, 0.3) is 0 Å². The van der Waals surface area contributed by atoms with Crippen LogP contribution >= 0.6 is 0 Å². The molecule has 4 saturated carbocycles. The standard InChI is InChI=1S/C32H50O5/c1-19(33)37-25-22(34)18-29(6)23(28(25,4)5)11-12-31(8)24(29)10-9-20-21-17-27(2,3)13-15-32(21,26(35)36)16-14-30(20,31)7/h9,21-25,34H,10-18H2,1-8H3,(H,35,36)/t21?,22-,23?,24?,25+,29+,30-,31-,32+/m1/s1. The summed E-state index contributed by atoms with van der Waals surface area (Å²) in [5.74, 6) is -0.0583. The summed E-state index contributed by atoms with van der Waals surface area (Å²) in [5, 5.41) is 21.9. The van der Waals surface area contributed by atoms with Gasteiger partial charge in [0.2, 0.25) is 0 Å². The fraction of sp³-hybridized carbons (Fsp3) is 0.875. The number of aliphatic hydroxyl groups excluding tert-OH is 1. The summed E-state index contributed by atoms with van der Waals surface area (Å²) < 4.78 is 5.74. The molecular weight excluding hydrogens is 464 g/mol. The Bertz CT molecular complexity index is 1030. The molecule has 0 radical (unpaired) electrons. The predicted molar refractivity (Wildman–Crippen MR) is 144 cm³/mol. The third-order valence-electron chi connectivity index (χ3n) is 13.3. The Balaban J connectivity index is 1.57. The van der Waals surface area contributed by atoms with E-state index in [1.54, 1.807) is 0 Å². The summed E-state index contributed by atoms with van der Waals surface area (Å²) in [4.78, 5) is 24.7. The molecule has 4 fully saturated rings. The lowest BCUT2D eigenvalue weighted by atomic mass is 9.33. The molecule has 5 aliphatic rings. The van der Waals surface area contributed by atoms with E-state index >= 15 is 0 Å². The van der Waals surface area contributed by atoms with Crippen molar-refractivity contribution in [3.8, 4) is 0 Å². The second kappa shape index (κ2) is 8.08. The van der Waals surface area contributed by atoms with Gasteiger partial charge in [-0.3, -0.25) is 9.59 Å². The minimum Gasteiger partial charge on any atom is -0.481 e. The van der Waals surface area contributed by atoms with Crippen LogP contribution in [0.5, 0.6) is 0 Å². The van der Waals surface area contributed by atoms with Crippen LogP contribution in [0.1, 0.15) is 113 Å². The fourth-order valence-electron chi connectivity index (χ4n) is 11.2. The quantitative estimate of drug-likeness (QED) is 0.314. The molecule has 9 atom stereocenters. The summed E-state index contributed by atoms with van der Waals surface area (Å²) in [6, 6.07) is 0. The molecule has 0 aromatic carbocycles. The van der Waals surface area contributed by atoms with Gasteiger partial charge in [0.1, 0.15) is 6.10 Å². The molecule has 0 bridgehead atoms. The zero-order valence-corrected chi connectivity index (χ0v) is 24.4. The molecule has 0 aliphatic heterocycles. The molecule has 0 saturated heterocycles. The Morgan fingerprint density at radius 1 is 0.919 bits per heavy atom. The molecule has 5 aliphatic carbocycles. The minimum atomic E-state index is -0.675. The number of hydrogen-bond donors (Lipinski definition) is 2. The van der Waals surface area contributed by atoms with E-state index in [1.165, 1.54) is 12.5 Å². The lowest BCUT2D eigenvalue weighted by Gasteiger charge is -2.71. The minimum absolute atomic E-state index is 0.0389. The number of fused-ring (bicyclic) bond motifs is 7. The first-order valence-electron chi connectivity index (χ1n) is 14.7. The van der Waals surface area contributed by atoms with Crippen molar-refractivity contribution < 1.29 is 24.5 Å². The highest BCUT2D eigenvalue weighted by Gasteiger charge is 2.70. The maximum Gasteiger partial charge on any atom is 0.310 e. The number of esters is 1. The van der Waals surface area contributed by atoms with Crippen LogP contribution in [-0.2, 0) is 14.3 Å². The summed E-state index contributed by atoms with van der Waals surface area (Å²) in [6.45, 7) is 17.8. The molecule has 5 heteroatoms. The van der Waals surface area contributed by atoms with Gasteiger partial charge in [-0.25, -0.2) is 0 Å². The first-order chi connectivity index (χ1) is 16.9. The molecule has 208 valence electrons. The monoisotopic (exact) mass is 514 g/mol. The van der Waals surface area contributed by atoms with Crippen LogP contribution in [0.3, 0.4) is 0 Å². The topological polar surface area (TPSA) is 83.8 Å². The van der Waals surface area contributed by atoms with Crippen LogP contribution in [-0.4, -0.2) is 34.4 Å². The second-order valence-corrected chi connectivity index (χ2v) is 15.8. The van der Waals surface area contributed by atoms with E-state index in [2.05, 4.69) is 54.5 Å². The Morgan fingerprint density at radius 2 is 1.57 bits per heavy atom. The number of aliphatic carboxylic acids is 1. The van der Waals surface area contributed by atoms with Gasteiger partial charge in [-0.2, -0.15) is 0 Å². The largest absolute Gasteiger partial charge is 0.481 e. The average Bonchev–Trinajstić information content (AvgIpc) is 2.76. The third-order valence-corrected chi connectivity index (χ3v) is 13.3. The van der Waals surface area contributed by atoms with Gasteiger partial charge in [-0.05, 0) is 97.2 Å². The Morgan fingerprint density at radius 3 is 2.19 bits per heavy atom. The van der Waals surface area contributed by atoms with Gasteiger partial charge in [0.15, 0.2) is 0 Å². The van der Waals surface area contributed by atoms with E-state index in [-0.39, 0.29) is 39.0 Å². The van der Waals surface area contributed by atoms with Crippen LogP contribution in [0.2, 0.25) is 0 Å². The van der Waals surface area contributed by atoms with Crippen LogP contribution in [0.4, 0.5) is 0 Å². The molecule has 0 aromatic rings. The summed E-state index contributed by atoms with van der Waals surface area (Å²) in [5.41, 5.74) is 0.580. The van der Waals surface area contributed by atoms with E-state index in [4.69, 9.17) is 4.74 Å². The van der Waals surface area contributed by atoms with Crippen molar-refractivity contribution in [1.82, 2.24) is 0 Å². The number of carbonyl (C=O) groups is 2. The Labute approximate surface area is 223 Å². The number of ether oxygens (including phenoxy) is 1. The molecule has 5 nitrogen and oxygen atoms in total. The zero-order valence-electron chi connectivity index (χ0n) is 24.4. The van der Waals surface area contributed by atoms with Crippen LogP contribution in [0.15, 0.2) is 11.6 Å². The molecule has 3 unspecified atom stereocenters. The highest BCUT2D eigenvalue weighted by molar-refractivity contribution is 5.76. The van der Waals surface area contributed by atoms with Gasteiger partial charge in [-0.1, -0.05) is 60.1 Å². The number of carboxylic acids is 1. The fourth-order valence-corrected chi connectivity index (χ4v) is 11.2. The van der Waals surface area contributed by atoms with Crippen molar-refractivity contribution in [3.63, 3.8) is 0 Å². The SMILES string of the molecule is CC(=O)O[C@H]1[C@H](O)C[C@@]2(C)C(CC[C@]3(C)C2CC=C2C4CC(C)(C)CC[C@]4(C(=O)O)CC[C@]23C)C1(C)C. The number of aliphatic hydroxyl groups is 1. The zero-order chi connectivity index (χ0) is 27.4. The molecule has 2 N–H and O–H groups in total. The second-order valence-electron chi connectivity index (χ2n) is 15.8. The summed E-state index contributed by atoms with van der Waals surface area (Å²) in [6.07, 6.45) is 9.46. The molecule has 0 heterocycles. The van der Waals surface area contributed by atoms with Crippen LogP contribution in [0, 0.1) is 50.2 Å². The highest BCUT2D eigenvalue weighted by atomic mass is 16.6. The average molecular weight is 515 g/mol. The van der Waals surface area contributed by atoms with Gasteiger partial charge >= 0.3 is 11.9 Å². The van der Waals surface area contributed by atoms with Crippen LogP contribution < -0.4 is 0 Å². The Kier molecular flexibility index (Phi) is 5.95. The van der Waals surface area contributed by atoms with E-state index < -0.39 is 23.6 Å². The number of carbonyl (C=O) groups excluding carboxylic acids is 1. The van der Waals surface area contributed by atoms with Crippen molar-refractivity contribution in [2.75, 3.05) is 0 Å². The predicted octanol–water partition coefficient (Wildman–Crippen LogP) is 6.78. The van der Waals surface area contributed by atoms with Crippen molar-refractivity contribution >= 4 is 11.9 Å². The third kappa shape index (κ3) is 3.50. The lowest BCUT2D eigenvalue weighted by Crippen LogP contribution is -2.67. The van der Waals surface area contributed by atoms with Gasteiger partial charge in [0, 0.05) is 12.3 Å². The van der Waals surface area contributed by atoms with Crippen molar-refractivity contribution in [2.24, 2.45) is 50.2 Å². The highest BCUT2D eigenvalue weighted by Crippen LogP contribution is 2.75. The van der Waals surface area contributed by atoms with Gasteiger partial charge in [-0.15, -0.1) is 0 Å². The number of allylic oxidation sites excluding steroid dienone is 2. The Hall–Kier alpha value is -1.36. The normalized spacial score (nSPS) is 49.9. The van der Waals surface area contributed by atoms with E-state index in [0.29, 0.717) is 18.3 Å². The molecule has 5 rings (SSSR count). The first-order valence-corrected chi connectivity index (χ1v) is 14.7. The molecule has 0 aromatic heterocycles. The van der Waals surface area contributed by atoms with E-state index in [9.17, 15) is 19.8 Å². The summed E-state index contributed by atoms with van der Waals surface area (Å²) >= 11 is 0. The molecule has 37 heavy (non-hydrogen) atoms. The molecular formula is C32H50O5. The van der Waals surface area contributed by atoms with E-state index in [1.807, 2.05) is 0 Å². The number of rotatable bonds is 2. The van der Waals surface area contributed by atoms with Crippen molar-refractivity contribution in [3.05, 3.63) is 11.6 Å².